The van der Waals surface area contributed by atoms with Crippen LogP contribution in [0, 0.1) is 19.4 Å². The quantitative estimate of drug-likeness (QED) is 0.314. The van der Waals surface area contributed by atoms with Crippen molar-refractivity contribution >= 4 is 5.82 Å². The third kappa shape index (κ3) is 4.14. The van der Waals surface area contributed by atoms with Gasteiger partial charge in [-0.1, -0.05) is 12.6 Å². The minimum Gasteiger partial charge on any atom is -0.496 e. The fourth-order valence-corrected chi connectivity index (χ4v) is 3.27. The maximum absolute atomic E-state index is 13.2. The van der Waals surface area contributed by atoms with Gasteiger partial charge in [0.05, 0.1) is 19.7 Å². The Morgan fingerprint density at radius 1 is 1.09 bits per heavy atom. The van der Waals surface area contributed by atoms with Crippen LogP contribution in [0.1, 0.15) is 11.3 Å². The number of methoxy groups -OCH3 is 1. The maximum atomic E-state index is 13.2. The summed E-state index contributed by atoms with van der Waals surface area (Å²) in [6, 6.07) is 12.1. The zero-order chi connectivity index (χ0) is 22.7. The van der Waals surface area contributed by atoms with E-state index in [-0.39, 0.29) is 0 Å². The van der Waals surface area contributed by atoms with Crippen molar-refractivity contribution in [1.82, 2.24) is 19.5 Å². The van der Waals surface area contributed by atoms with Crippen LogP contribution in [0.2, 0.25) is 0 Å². The lowest BCUT2D eigenvalue weighted by Gasteiger charge is -2.11. The van der Waals surface area contributed by atoms with Gasteiger partial charge in [0.1, 0.15) is 23.8 Å². The molecule has 0 bridgehead atoms. The summed E-state index contributed by atoms with van der Waals surface area (Å²) in [5, 5.41) is 0. The summed E-state index contributed by atoms with van der Waals surface area (Å²) in [4.78, 5) is 16.3. The highest BCUT2D eigenvalue weighted by Crippen LogP contribution is 2.40. The summed E-state index contributed by atoms with van der Waals surface area (Å²) >= 11 is 0. The number of nitrogens with zero attached hydrogens (tertiary/aromatic N) is 5. The molecule has 4 aromatic rings. The highest BCUT2D eigenvalue weighted by Gasteiger charge is 2.22. The van der Waals surface area contributed by atoms with Crippen LogP contribution in [0.25, 0.3) is 27.5 Å². The normalized spacial score (nSPS) is 10.6. The molecule has 160 valence electrons. The van der Waals surface area contributed by atoms with Crippen LogP contribution in [0.3, 0.4) is 0 Å². The molecule has 0 atom stereocenters. The van der Waals surface area contributed by atoms with Crippen molar-refractivity contribution in [3.63, 3.8) is 0 Å². The Morgan fingerprint density at radius 3 is 2.59 bits per heavy atom. The summed E-state index contributed by atoms with van der Waals surface area (Å²) in [6.45, 7) is 9.95. The average molecular weight is 429 g/mol. The van der Waals surface area contributed by atoms with Gasteiger partial charge in [0.25, 0.3) is 5.82 Å². The van der Waals surface area contributed by atoms with E-state index in [1.54, 1.807) is 43.1 Å². The average Bonchev–Trinajstić information content (AvgIpc) is 3.15. The van der Waals surface area contributed by atoms with Crippen LogP contribution < -0.4 is 9.47 Å². The molecule has 0 saturated heterocycles. The molecule has 3 aromatic heterocycles. The molecular weight excluding hydrogens is 409 g/mol. The monoisotopic (exact) mass is 429 g/mol. The first-order valence-electron chi connectivity index (χ1n) is 9.79. The van der Waals surface area contributed by atoms with Gasteiger partial charge in [-0.25, -0.2) is 9.97 Å². The van der Waals surface area contributed by atoms with Gasteiger partial charge in [-0.3, -0.25) is 9.55 Å². The van der Waals surface area contributed by atoms with Crippen LogP contribution in [-0.2, 0) is 13.7 Å². The van der Waals surface area contributed by atoms with Crippen molar-refractivity contribution in [2.75, 3.05) is 7.11 Å². The second-order valence-electron chi connectivity index (χ2n) is 7.11. The molecule has 32 heavy (non-hydrogen) atoms. The summed E-state index contributed by atoms with van der Waals surface area (Å²) in [6.07, 6.45) is 3.17. The number of aryl methyl sites for hydroxylation is 1. The van der Waals surface area contributed by atoms with Crippen molar-refractivity contribution in [2.24, 2.45) is 7.05 Å². The predicted octanol–water partition coefficient (Wildman–Crippen LogP) is 5.13. The van der Waals surface area contributed by atoms with Crippen molar-refractivity contribution in [1.29, 1.82) is 0 Å². The van der Waals surface area contributed by atoms with Gasteiger partial charge < -0.3 is 14.3 Å². The van der Waals surface area contributed by atoms with E-state index in [1.807, 2.05) is 25.1 Å². The van der Waals surface area contributed by atoms with Gasteiger partial charge in [0.15, 0.2) is 0 Å². The van der Waals surface area contributed by atoms with Gasteiger partial charge in [-0.2, -0.15) is 4.39 Å². The molecule has 3 heterocycles. The molecule has 4 rings (SSSR count). The zero-order valence-electron chi connectivity index (χ0n) is 17.8. The second-order valence-corrected chi connectivity index (χ2v) is 7.11. The number of imidazole rings is 1. The smallest absolute Gasteiger partial charge is 0.257 e. The fourth-order valence-electron chi connectivity index (χ4n) is 3.27. The number of ether oxygens (including phenoxy) is 2. The molecule has 0 saturated carbocycles. The van der Waals surface area contributed by atoms with E-state index in [2.05, 4.69) is 19.8 Å². The van der Waals surface area contributed by atoms with E-state index < -0.39 is 5.95 Å². The Morgan fingerprint density at radius 2 is 1.94 bits per heavy atom. The molecule has 8 heteroatoms. The zero-order valence-corrected chi connectivity index (χ0v) is 17.8. The van der Waals surface area contributed by atoms with Gasteiger partial charge in [-0.15, -0.1) is 0 Å². The van der Waals surface area contributed by atoms with E-state index in [1.165, 1.54) is 12.3 Å². The van der Waals surface area contributed by atoms with Gasteiger partial charge in [-0.05, 0) is 37.3 Å². The number of hydrogen-bond donors (Lipinski definition) is 0. The highest BCUT2D eigenvalue weighted by atomic mass is 19.1. The summed E-state index contributed by atoms with van der Waals surface area (Å²) in [7, 11) is 3.29. The molecule has 0 aliphatic heterocycles. The van der Waals surface area contributed by atoms with Crippen molar-refractivity contribution in [3.8, 4) is 34.1 Å². The van der Waals surface area contributed by atoms with E-state index in [0.717, 1.165) is 11.3 Å². The molecule has 0 unspecified atom stereocenters. The number of benzene rings is 1. The largest absolute Gasteiger partial charge is 0.496 e. The first kappa shape index (κ1) is 21.0. The molecular formula is C24H20FN5O2. The predicted molar refractivity (Wildman–Crippen MR) is 118 cm³/mol. The van der Waals surface area contributed by atoms with Crippen LogP contribution in [-0.4, -0.2) is 26.6 Å². The Labute approximate surface area is 185 Å². The molecule has 0 aliphatic carbocycles. The summed E-state index contributed by atoms with van der Waals surface area (Å²) in [5.41, 5.74) is 3.63. The lowest BCUT2D eigenvalue weighted by molar-refractivity contribution is 0.303. The van der Waals surface area contributed by atoms with Crippen LogP contribution in [0.4, 0.5) is 10.2 Å². The molecule has 0 aliphatic rings. The first-order valence-corrected chi connectivity index (χ1v) is 9.79. The van der Waals surface area contributed by atoms with Crippen molar-refractivity contribution < 1.29 is 13.9 Å². The van der Waals surface area contributed by atoms with Crippen LogP contribution >= 0.6 is 0 Å². The molecule has 0 N–H and O–H groups in total. The Hall–Kier alpha value is -4.25. The topological polar surface area (TPSA) is 66.4 Å². The van der Waals surface area contributed by atoms with Gasteiger partial charge >= 0.3 is 0 Å². The lowest BCUT2D eigenvalue weighted by Crippen LogP contribution is -1.97. The lowest BCUT2D eigenvalue weighted by atomic mass is 10.1. The second kappa shape index (κ2) is 8.86. The number of pyridine rings is 2. The van der Waals surface area contributed by atoms with E-state index in [9.17, 15) is 4.39 Å². The number of rotatable bonds is 6. The molecule has 0 radical (unpaired) electrons. The summed E-state index contributed by atoms with van der Waals surface area (Å²) < 4.78 is 26.3. The van der Waals surface area contributed by atoms with E-state index in [0.29, 0.717) is 46.6 Å². The first-order chi connectivity index (χ1) is 15.5. The van der Waals surface area contributed by atoms with Crippen LogP contribution in [0.5, 0.6) is 11.5 Å². The fraction of sp³-hybridized carbons (Fsp3) is 0.167. The van der Waals surface area contributed by atoms with Gasteiger partial charge in [0, 0.05) is 35.3 Å². The number of hydrogen-bond acceptors (Lipinski definition) is 5. The minimum absolute atomic E-state index is 0.335. The minimum atomic E-state index is -0.577. The Bertz CT molecular complexity index is 1290. The van der Waals surface area contributed by atoms with E-state index in [4.69, 9.17) is 16.0 Å². The maximum Gasteiger partial charge on any atom is 0.257 e. The standard InChI is InChI=1S/C24H20FN5O2/c1-15-5-6-16(12-27-15)14-32-18-8-9-19(20(11-18)31-4)22-24(26-2)30(3)23(29-22)17-7-10-21(25)28-13-17/h5-13H,14H2,1,3-4H3. The highest BCUT2D eigenvalue weighted by molar-refractivity contribution is 5.81. The Kier molecular flexibility index (Phi) is 5.81. The molecule has 0 amide bonds. The van der Waals surface area contributed by atoms with Crippen molar-refractivity contribution in [3.05, 3.63) is 83.5 Å². The third-order valence-corrected chi connectivity index (χ3v) is 4.96. The third-order valence-electron chi connectivity index (χ3n) is 4.96. The van der Waals surface area contributed by atoms with Crippen LogP contribution in [0.15, 0.2) is 54.9 Å². The Balaban J connectivity index is 1.67. The molecule has 0 fully saturated rings. The van der Waals surface area contributed by atoms with Gasteiger partial charge in [0.2, 0.25) is 11.8 Å². The number of halogens is 1. The SMILES string of the molecule is [C-]#[N+]c1c(-c2ccc(OCc3ccc(C)nc3)cc2OC)nc(-c2ccc(F)nc2)n1C. The van der Waals surface area contributed by atoms with Crippen molar-refractivity contribution in [2.45, 2.75) is 13.5 Å². The number of aromatic nitrogens is 4. The van der Waals surface area contributed by atoms with E-state index >= 15 is 0 Å². The molecule has 7 nitrogen and oxygen atoms in total. The molecule has 0 spiro atoms. The molecule has 1 aromatic carbocycles. The summed E-state index contributed by atoms with van der Waals surface area (Å²) in [5.74, 6) is 1.41.